The number of aromatic nitrogens is 2. The van der Waals surface area contributed by atoms with Crippen molar-refractivity contribution in [2.45, 2.75) is 12.9 Å². The molecule has 0 atom stereocenters. The third kappa shape index (κ3) is 4.11. The molecule has 0 spiro atoms. The van der Waals surface area contributed by atoms with Gasteiger partial charge in [-0.2, -0.15) is 0 Å². The van der Waals surface area contributed by atoms with Gasteiger partial charge in [-0.05, 0) is 35.9 Å². The Morgan fingerprint density at radius 1 is 1.03 bits per heavy atom. The monoisotopic (exact) mass is 399 g/mol. The molecule has 5 nitrogen and oxygen atoms in total. The van der Waals surface area contributed by atoms with E-state index in [1.807, 2.05) is 30.3 Å². The van der Waals surface area contributed by atoms with Crippen LogP contribution in [0.1, 0.15) is 5.56 Å². The third-order valence-electron chi connectivity index (χ3n) is 4.38. The molecule has 0 saturated heterocycles. The highest BCUT2D eigenvalue weighted by molar-refractivity contribution is 5.99. The van der Waals surface area contributed by atoms with Crippen molar-refractivity contribution in [3.8, 4) is 17.3 Å². The topological polar surface area (TPSA) is 59.3 Å². The molecule has 2 N–H and O–H groups in total. The Hall–Kier alpha value is -3.68. The highest BCUT2D eigenvalue weighted by Crippen LogP contribution is 2.36. The van der Waals surface area contributed by atoms with E-state index in [0.29, 0.717) is 23.3 Å². The first-order valence-corrected chi connectivity index (χ1v) is 8.73. The van der Waals surface area contributed by atoms with Gasteiger partial charge in [0.2, 0.25) is 5.88 Å². The summed E-state index contributed by atoms with van der Waals surface area (Å²) < 4.78 is 42.9. The number of rotatable bonds is 5. The number of pyridine rings is 1. The van der Waals surface area contributed by atoms with Crippen molar-refractivity contribution in [3.63, 3.8) is 0 Å². The number of nitrogens with zero attached hydrogens (tertiary/aromatic N) is 2. The molecular formula is C21H16F3N3O2. The van der Waals surface area contributed by atoms with E-state index in [2.05, 4.69) is 15.0 Å². The van der Waals surface area contributed by atoms with Gasteiger partial charge in [-0.15, -0.1) is 13.2 Å². The van der Waals surface area contributed by atoms with Crippen LogP contribution >= 0.6 is 0 Å². The molecule has 8 heteroatoms. The molecule has 2 aromatic carbocycles. The molecule has 148 valence electrons. The van der Waals surface area contributed by atoms with Gasteiger partial charge < -0.3 is 15.2 Å². The number of hydrogen-bond donors (Lipinski definition) is 2. The van der Waals surface area contributed by atoms with Crippen LogP contribution in [0.15, 0.2) is 73.2 Å². The minimum atomic E-state index is -4.79. The zero-order valence-electron chi connectivity index (χ0n) is 15.0. The second kappa shape index (κ2) is 7.38. The van der Waals surface area contributed by atoms with Crippen molar-refractivity contribution >= 4 is 16.5 Å². The molecule has 2 heterocycles. The zero-order valence-corrected chi connectivity index (χ0v) is 15.0. The number of nitrogens with one attached hydrogen (secondary N) is 1. The maximum Gasteiger partial charge on any atom is 0.573 e. The standard InChI is InChI=1S/C21H16F3N3O2/c22-21(23,24)29-17-5-2-4-16(11-17)27-13-15-3-1-6-18(19(15)20(27)28)26-12-14-7-9-25-10-8-14/h1-11,13,26,28H,12H2. The van der Waals surface area contributed by atoms with Gasteiger partial charge >= 0.3 is 6.36 Å². The molecule has 4 aromatic rings. The van der Waals surface area contributed by atoms with E-state index in [1.165, 1.54) is 22.8 Å². The summed E-state index contributed by atoms with van der Waals surface area (Å²) in [5.74, 6) is -0.440. The van der Waals surface area contributed by atoms with Gasteiger partial charge in [0.1, 0.15) is 5.75 Å². The summed E-state index contributed by atoms with van der Waals surface area (Å²) >= 11 is 0. The van der Waals surface area contributed by atoms with E-state index in [9.17, 15) is 18.3 Å². The number of aromatic hydroxyl groups is 1. The Bertz CT molecular complexity index is 1140. The summed E-state index contributed by atoms with van der Waals surface area (Å²) in [6.45, 7) is 0.529. The van der Waals surface area contributed by atoms with Crippen LogP contribution in [-0.4, -0.2) is 21.0 Å². The minimum absolute atomic E-state index is 0.0815. The third-order valence-corrected chi connectivity index (χ3v) is 4.38. The number of fused-ring (bicyclic) bond motifs is 1. The summed E-state index contributed by atoms with van der Waals surface area (Å²) in [5, 5.41) is 15.4. The first-order chi connectivity index (χ1) is 13.9. The number of alkyl halides is 3. The van der Waals surface area contributed by atoms with Gasteiger partial charge in [-0.1, -0.05) is 18.2 Å². The van der Waals surface area contributed by atoms with E-state index >= 15 is 0 Å². The van der Waals surface area contributed by atoms with Gasteiger partial charge in [0.05, 0.1) is 11.1 Å². The van der Waals surface area contributed by atoms with Crippen LogP contribution in [-0.2, 0) is 6.54 Å². The fraction of sp³-hybridized carbons (Fsp3) is 0.0952. The van der Waals surface area contributed by atoms with Crippen LogP contribution in [0, 0.1) is 0 Å². The van der Waals surface area contributed by atoms with E-state index in [4.69, 9.17) is 0 Å². The van der Waals surface area contributed by atoms with Crippen LogP contribution in [0.4, 0.5) is 18.9 Å². The van der Waals surface area contributed by atoms with Crippen LogP contribution < -0.4 is 10.1 Å². The molecule has 0 fully saturated rings. The van der Waals surface area contributed by atoms with E-state index in [-0.39, 0.29) is 11.6 Å². The van der Waals surface area contributed by atoms with Crippen molar-refractivity contribution < 1.29 is 23.0 Å². The SMILES string of the molecule is Oc1c2c(NCc3ccncc3)cccc2cn1-c1cccc(OC(F)(F)F)c1. The Morgan fingerprint density at radius 3 is 2.55 bits per heavy atom. The summed E-state index contributed by atoms with van der Waals surface area (Å²) in [7, 11) is 0. The molecule has 0 saturated carbocycles. The lowest BCUT2D eigenvalue weighted by Crippen LogP contribution is -2.17. The number of ether oxygens (including phenoxy) is 1. The van der Waals surface area contributed by atoms with E-state index in [1.54, 1.807) is 24.7 Å². The highest BCUT2D eigenvalue weighted by Gasteiger charge is 2.31. The summed E-state index contributed by atoms with van der Waals surface area (Å²) in [6.07, 6.45) is 0.268. The molecule has 0 aliphatic heterocycles. The largest absolute Gasteiger partial charge is 0.573 e. The predicted octanol–water partition coefficient (Wildman–Crippen LogP) is 5.24. The molecule has 0 aliphatic carbocycles. The van der Waals surface area contributed by atoms with Crippen molar-refractivity contribution in [1.29, 1.82) is 0 Å². The smallest absolute Gasteiger partial charge is 0.494 e. The first-order valence-electron chi connectivity index (χ1n) is 8.73. The number of anilines is 1. The second-order valence-electron chi connectivity index (χ2n) is 6.35. The van der Waals surface area contributed by atoms with Crippen molar-refractivity contribution in [2.24, 2.45) is 0 Å². The lowest BCUT2D eigenvalue weighted by molar-refractivity contribution is -0.274. The molecular weight excluding hydrogens is 383 g/mol. The fourth-order valence-electron chi connectivity index (χ4n) is 3.12. The summed E-state index contributed by atoms with van der Waals surface area (Å²) in [4.78, 5) is 3.98. The van der Waals surface area contributed by atoms with Gasteiger partial charge in [0, 0.05) is 42.3 Å². The zero-order chi connectivity index (χ0) is 20.4. The Labute approximate surface area is 164 Å². The molecule has 4 rings (SSSR count). The minimum Gasteiger partial charge on any atom is -0.494 e. The normalized spacial score (nSPS) is 11.6. The van der Waals surface area contributed by atoms with Crippen molar-refractivity contribution in [3.05, 3.63) is 78.8 Å². The van der Waals surface area contributed by atoms with Crippen LogP contribution in [0.2, 0.25) is 0 Å². The molecule has 29 heavy (non-hydrogen) atoms. The fourth-order valence-corrected chi connectivity index (χ4v) is 3.12. The summed E-state index contributed by atoms with van der Waals surface area (Å²) in [5.41, 5.74) is 2.08. The Balaban J connectivity index is 1.69. The maximum absolute atomic E-state index is 12.5. The van der Waals surface area contributed by atoms with Gasteiger partial charge in [0.25, 0.3) is 0 Å². The molecule has 0 amide bonds. The maximum atomic E-state index is 12.5. The number of halogens is 3. The number of hydrogen-bond acceptors (Lipinski definition) is 4. The second-order valence-corrected chi connectivity index (χ2v) is 6.35. The van der Waals surface area contributed by atoms with Crippen molar-refractivity contribution in [1.82, 2.24) is 9.55 Å². The molecule has 0 bridgehead atoms. The van der Waals surface area contributed by atoms with Gasteiger partial charge in [-0.25, -0.2) is 0 Å². The van der Waals surface area contributed by atoms with Crippen LogP contribution in [0.3, 0.4) is 0 Å². The quantitative estimate of drug-likeness (QED) is 0.482. The van der Waals surface area contributed by atoms with E-state index in [0.717, 1.165) is 10.9 Å². The van der Waals surface area contributed by atoms with Gasteiger partial charge in [0.15, 0.2) is 0 Å². The van der Waals surface area contributed by atoms with Crippen LogP contribution in [0.5, 0.6) is 11.6 Å². The number of benzene rings is 2. The molecule has 0 radical (unpaired) electrons. The summed E-state index contributed by atoms with van der Waals surface area (Å²) in [6, 6.07) is 14.7. The predicted molar refractivity (Wildman–Crippen MR) is 103 cm³/mol. The average Bonchev–Trinajstić information content (AvgIpc) is 3.03. The Kier molecular flexibility index (Phi) is 4.75. The lowest BCUT2D eigenvalue weighted by atomic mass is 10.1. The molecule has 0 aliphatic rings. The molecule has 2 aromatic heterocycles. The highest BCUT2D eigenvalue weighted by atomic mass is 19.4. The average molecular weight is 399 g/mol. The Morgan fingerprint density at radius 2 is 1.79 bits per heavy atom. The lowest BCUT2D eigenvalue weighted by Gasteiger charge is -2.11. The van der Waals surface area contributed by atoms with Gasteiger partial charge in [-0.3, -0.25) is 9.55 Å². The van der Waals surface area contributed by atoms with Crippen molar-refractivity contribution in [2.75, 3.05) is 5.32 Å². The molecule has 0 unspecified atom stereocenters. The first kappa shape index (κ1) is 18.7. The van der Waals surface area contributed by atoms with E-state index < -0.39 is 6.36 Å². The van der Waals surface area contributed by atoms with Crippen LogP contribution in [0.25, 0.3) is 16.5 Å².